The number of quaternary nitrogens is 1. The van der Waals surface area contributed by atoms with Crippen molar-refractivity contribution in [1.82, 2.24) is 14.5 Å². The van der Waals surface area contributed by atoms with Crippen molar-refractivity contribution in [3.8, 4) is 0 Å². The lowest BCUT2D eigenvalue weighted by Crippen LogP contribution is -2.53. The number of likely N-dealkylation sites (tertiary alicyclic amines) is 1. The Labute approximate surface area is 169 Å². The van der Waals surface area contributed by atoms with Gasteiger partial charge in [-0.1, -0.05) is 19.3 Å². The Morgan fingerprint density at radius 3 is 2.54 bits per heavy atom. The number of hydrogen-bond donors (Lipinski definition) is 0. The van der Waals surface area contributed by atoms with Gasteiger partial charge in [-0.25, -0.2) is 0 Å². The molecule has 2 aliphatic rings. The zero-order valence-corrected chi connectivity index (χ0v) is 17.3. The van der Waals surface area contributed by atoms with E-state index in [1.165, 1.54) is 45.9 Å². The molecular weight excluding hydrogens is 354 g/mol. The van der Waals surface area contributed by atoms with Crippen LogP contribution in [0.5, 0.6) is 0 Å². The number of ether oxygens (including phenoxy) is 1. The summed E-state index contributed by atoms with van der Waals surface area (Å²) in [7, 11) is 1.45. The lowest BCUT2D eigenvalue weighted by atomic mass is 9.77. The summed E-state index contributed by atoms with van der Waals surface area (Å²) in [6, 6.07) is 3.74. The number of hydroxylamine groups is 2. The van der Waals surface area contributed by atoms with Crippen molar-refractivity contribution < 1.29 is 9.53 Å². The molecule has 0 N–H and O–H groups in total. The van der Waals surface area contributed by atoms with E-state index in [-0.39, 0.29) is 10.6 Å². The number of carbonyl (C=O) groups is 1. The van der Waals surface area contributed by atoms with Crippen molar-refractivity contribution in [3.63, 3.8) is 0 Å². The van der Waals surface area contributed by atoms with Crippen LogP contribution in [0.2, 0.25) is 0 Å². The van der Waals surface area contributed by atoms with Crippen LogP contribution >= 0.6 is 0 Å². The van der Waals surface area contributed by atoms with Gasteiger partial charge < -0.3 is 19.5 Å². The highest BCUT2D eigenvalue weighted by molar-refractivity contribution is 5.68. The van der Waals surface area contributed by atoms with E-state index in [9.17, 15) is 10.0 Å². The minimum atomic E-state index is -0.185. The molecule has 3 rings (SSSR count). The van der Waals surface area contributed by atoms with Crippen LogP contribution in [0.15, 0.2) is 24.5 Å². The summed E-state index contributed by atoms with van der Waals surface area (Å²) < 4.78 is 4.48. The number of unbranched alkanes of at least 4 members (excludes halogenated alkanes) is 4. The van der Waals surface area contributed by atoms with Gasteiger partial charge in [0.1, 0.15) is 5.69 Å². The SMILES string of the molecule is COC(=O)CCCCCCCN1CCC2(CC[N+]([O-])(c3ccncc3)CC2)C1. The molecule has 2 aliphatic heterocycles. The number of piperidine rings is 1. The minimum Gasteiger partial charge on any atom is -0.627 e. The Bertz CT molecular complexity index is 615. The first kappa shape index (κ1) is 21.2. The number of pyridine rings is 1. The normalized spacial score (nSPS) is 27.9. The number of nitrogens with zero attached hydrogens (tertiary/aromatic N) is 3. The summed E-state index contributed by atoms with van der Waals surface area (Å²) in [6.45, 7) is 4.89. The van der Waals surface area contributed by atoms with E-state index in [0.717, 1.165) is 37.9 Å². The van der Waals surface area contributed by atoms with Gasteiger partial charge in [-0.2, -0.15) is 0 Å². The van der Waals surface area contributed by atoms with Gasteiger partial charge in [0.15, 0.2) is 0 Å². The number of carbonyl (C=O) groups excluding carboxylic acids is 1. The minimum absolute atomic E-state index is 0.0977. The van der Waals surface area contributed by atoms with Crippen LogP contribution in [0.25, 0.3) is 0 Å². The zero-order chi connectivity index (χ0) is 19.9. The molecule has 6 heteroatoms. The van der Waals surface area contributed by atoms with Crippen LogP contribution in [-0.4, -0.2) is 55.7 Å². The van der Waals surface area contributed by atoms with Crippen LogP contribution in [0.1, 0.15) is 57.8 Å². The summed E-state index contributed by atoms with van der Waals surface area (Å²) in [4.78, 5) is 17.7. The quantitative estimate of drug-likeness (QED) is 0.277. The smallest absolute Gasteiger partial charge is 0.305 e. The van der Waals surface area contributed by atoms with E-state index in [1.54, 1.807) is 12.4 Å². The molecule has 2 fully saturated rings. The zero-order valence-electron chi connectivity index (χ0n) is 17.3. The molecule has 1 aromatic heterocycles. The molecule has 28 heavy (non-hydrogen) atoms. The Morgan fingerprint density at radius 1 is 1.14 bits per heavy atom. The topological polar surface area (TPSA) is 65.5 Å². The molecule has 156 valence electrons. The third-order valence-corrected chi connectivity index (χ3v) is 6.74. The fourth-order valence-electron chi connectivity index (χ4n) is 4.81. The van der Waals surface area contributed by atoms with Crippen LogP contribution in [0.3, 0.4) is 0 Å². The first-order valence-electron chi connectivity index (χ1n) is 10.8. The van der Waals surface area contributed by atoms with Gasteiger partial charge in [-0.05, 0) is 37.8 Å². The third-order valence-electron chi connectivity index (χ3n) is 6.74. The monoisotopic (exact) mass is 389 g/mol. The van der Waals surface area contributed by atoms with Crippen molar-refractivity contribution in [2.75, 3.05) is 39.8 Å². The molecule has 0 radical (unpaired) electrons. The third kappa shape index (κ3) is 5.52. The van der Waals surface area contributed by atoms with Crippen LogP contribution in [0.4, 0.5) is 5.69 Å². The van der Waals surface area contributed by atoms with Crippen molar-refractivity contribution in [1.29, 1.82) is 0 Å². The van der Waals surface area contributed by atoms with Crippen molar-refractivity contribution >= 4 is 11.7 Å². The van der Waals surface area contributed by atoms with E-state index in [1.807, 2.05) is 12.1 Å². The Hall–Kier alpha value is -1.50. The molecule has 3 heterocycles. The Morgan fingerprint density at radius 2 is 1.82 bits per heavy atom. The average molecular weight is 390 g/mol. The maximum absolute atomic E-state index is 13.2. The lowest BCUT2D eigenvalue weighted by Gasteiger charge is -2.50. The predicted molar refractivity (Wildman–Crippen MR) is 112 cm³/mol. The van der Waals surface area contributed by atoms with Gasteiger partial charge in [0.05, 0.1) is 20.2 Å². The molecule has 0 saturated carbocycles. The molecule has 0 aromatic carbocycles. The molecule has 1 spiro atoms. The predicted octanol–water partition coefficient (Wildman–Crippen LogP) is 3.89. The molecular formula is C22H35N3O3. The summed E-state index contributed by atoms with van der Waals surface area (Å²) >= 11 is 0. The number of methoxy groups -OCH3 is 1. The second kappa shape index (κ2) is 9.81. The van der Waals surface area contributed by atoms with Crippen molar-refractivity contribution in [2.45, 2.75) is 57.8 Å². The van der Waals surface area contributed by atoms with E-state index in [0.29, 0.717) is 24.9 Å². The van der Waals surface area contributed by atoms with Gasteiger partial charge in [0.2, 0.25) is 0 Å². The second-order valence-electron chi connectivity index (χ2n) is 8.66. The Balaban J connectivity index is 1.33. The molecule has 6 nitrogen and oxygen atoms in total. The van der Waals surface area contributed by atoms with Crippen molar-refractivity contribution in [3.05, 3.63) is 29.7 Å². The Kier molecular flexibility index (Phi) is 7.43. The standard InChI is InChI=1S/C22H35N3O3/c1-28-21(26)7-5-3-2-4-6-15-24-16-10-22(19-24)11-17-25(27,18-12-22)20-8-13-23-14-9-20/h8-9,13-14H,2-7,10-12,15-19H2,1H3. The lowest BCUT2D eigenvalue weighted by molar-refractivity contribution is -0.140. The molecule has 0 bridgehead atoms. The second-order valence-corrected chi connectivity index (χ2v) is 8.66. The number of aromatic nitrogens is 1. The highest BCUT2D eigenvalue weighted by atomic mass is 16.5. The molecule has 1 aromatic rings. The van der Waals surface area contributed by atoms with E-state index < -0.39 is 0 Å². The maximum Gasteiger partial charge on any atom is 0.305 e. The average Bonchev–Trinajstić information content (AvgIpc) is 3.13. The van der Waals surface area contributed by atoms with E-state index in [4.69, 9.17) is 0 Å². The largest absolute Gasteiger partial charge is 0.627 e. The van der Waals surface area contributed by atoms with Crippen LogP contribution in [0, 0.1) is 10.6 Å². The van der Waals surface area contributed by atoms with Gasteiger partial charge in [-0.15, -0.1) is 0 Å². The van der Waals surface area contributed by atoms with Gasteiger partial charge in [-0.3, -0.25) is 9.78 Å². The molecule has 2 saturated heterocycles. The van der Waals surface area contributed by atoms with Crippen LogP contribution in [-0.2, 0) is 9.53 Å². The number of rotatable bonds is 9. The number of hydrogen-bond acceptors (Lipinski definition) is 5. The molecule has 0 aliphatic carbocycles. The first-order valence-corrected chi connectivity index (χ1v) is 10.8. The van der Waals surface area contributed by atoms with E-state index in [2.05, 4.69) is 14.6 Å². The molecule has 0 amide bonds. The molecule has 0 atom stereocenters. The molecule has 0 unspecified atom stereocenters. The van der Waals surface area contributed by atoms with Crippen molar-refractivity contribution in [2.24, 2.45) is 5.41 Å². The van der Waals surface area contributed by atoms with Crippen LogP contribution < -0.4 is 4.65 Å². The van der Waals surface area contributed by atoms with Gasteiger partial charge in [0, 0.05) is 50.3 Å². The fourth-order valence-corrected chi connectivity index (χ4v) is 4.81. The highest BCUT2D eigenvalue weighted by Gasteiger charge is 2.44. The summed E-state index contributed by atoms with van der Waals surface area (Å²) in [5.41, 5.74) is 1.21. The maximum atomic E-state index is 13.2. The first-order chi connectivity index (χ1) is 13.6. The summed E-state index contributed by atoms with van der Waals surface area (Å²) in [6.07, 6.45) is 13.0. The van der Waals surface area contributed by atoms with Gasteiger partial charge in [0.25, 0.3) is 0 Å². The fraction of sp³-hybridized carbons (Fsp3) is 0.727. The number of esters is 1. The van der Waals surface area contributed by atoms with Gasteiger partial charge >= 0.3 is 5.97 Å². The summed E-state index contributed by atoms with van der Waals surface area (Å²) in [5, 5.41) is 13.2. The summed E-state index contributed by atoms with van der Waals surface area (Å²) in [5.74, 6) is -0.0977. The highest BCUT2D eigenvalue weighted by Crippen LogP contribution is 2.43. The van der Waals surface area contributed by atoms with E-state index >= 15 is 0 Å².